The summed E-state index contributed by atoms with van der Waals surface area (Å²) in [6.07, 6.45) is 5.12. The zero-order valence-corrected chi connectivity index (χ0v) is 5.43. The van der Waals surface area contributed by atoms with Crippen molar-refractivity contribution in [2.75, 3.05) is 5.84 Å². The number of hydrogen-bond donors (Lipinski definition) is 2. The van der Waals surface area contributed by atoms with Gasteiger partial charge >= 0.3 is 0 Å². The first-order valence-corrected chi connectivity index (χ1v) is 2.52. The summed E-state index contributed by atoms with van der Waals surface area (Å²) in [4.78, 5) is 2.77. The summed E-state index contributed by atoms with van der Waals surface area (Å²) in [6.45, 7) is 0. The van der Waals surface area contributed by atoms with Crippen molar-refractivity contribution in [1.82, 2.24) is 4.98 Å². The van der Waals surface area contributed by atoms with Gasteiger partial charge in [-0.2, -0.15) is 5.16 Å². The maximum atomic E-state index is 7.13. The maximum absolute atomic E-state index is 7.13. The smallest absolute Gasteiger partial charge is 0.264 e. The quantitative estimate of drug-likeness (QED) is 0.225. The van der Waals surface area contributed by atoms with Crippen molar-refractivity contribution in [2.45, 2.75) is 0 Å². The Morgan fingerprint density at radius 3 is 2.44 bits per heavy atom. The van der Waals surface area contributed by atoms with Crippen LogP contribution in [0.25, 0.3) is 5.41 Å². The number of thiocarbonyl (C=S) groups is 1. The summed E-state index contributed by atoms with van der Waals surface area (Å²) in [5, 5.41) is 8.47. The van der Waals surface area contributed by atoms with E-state index in [0.29, 0.717) is 0 Å². The van der Waals surface area contributed by atoms with Gasteiger partial charge in [0.25, 0.3) is 6.33 Å². The van der Waals surface area contributed by atoms with Crippen LogP contribution in [0.5, 0.6) is 0 Å². The Balaban J connectivity index is 0.000000187. The minimum absolute atomic E-state index is 1.33. The molecule has 0 saturated carbocycles. The molecule has 4 nitrogen and oxygen atoms in total. The molecule has 3 N–H and O–H groups in total. The van der Waals surface area contributed by atoms with E-state index in [2.05, 4.69) is 17.2 Å². The molecule has 0 aliphatic heterocycles. The van der Waals surface area contributed by atoms with Crippen LogP contribution in [0, 0.1) is 0 Å². The molecule has 1 heterocycles. The third-order valence-electron chi connectivity index (χ3n) is 0.567. The number of H-pyrrole nitrogens is 1. The third kappa shape index (κ3) is 4.67. The number of aromatic nitrogens is 2. The van der Waals surface area contributed by atoms with Crippen LogP contribution >= 0.6 is 12.2 Å². The fraction of sp³-hybridized carbons (Fsp3) is 0. The average Bonchev–Trinajstić information content (AvgIpc) is 2.20. The number of nitrogen functional groups attached to an aromatic ring is 1. The van der Waals surface area contributed by atoms with Gasteiger partial charge in [0, 0.05) is 0 Å². The first-order chi connectivity index (χ1) is 4.31. The fourth-order valence-corrected chi connectivity index (χ4v) is 0.301. The number of imidazole rings is 1. The molecule has 1 rings (SSSR count). The van der Waals surface area contributed by atoms with Crippen molar-refractivity contribution in [3.05, 3.63) is 24.1 Å². The van der Waals surface area contributed by atoms with E-state index >= 15 is 0 Å². The van der Waals surface area contributed by atoms with Gasteiger partial charge in [0.2, 0.25) is 0 Å². The van der Waals surface area contributed by atoms with Crippen molar-refractivity contribution in [1.29, 1.82) is 0 Å². The zero-order chi connectivity index (χ0) is 7.11. The molecule has 1 aromatic rings. The van der Waals surface area contributed by atoms with E-state index in [1.165, 1.54) is 9.84 Å². The lowest BCUT2D eigenvalue weighted by molar-refractivity contribution is -0.637. The molecule has 0 aromatic carbocycles. The molecule has 48 valence electrons. The Kier molecular flexibility index (Phi) is 4.30. The van der Waals surface area contributed by atoms with Gasteiger partial charge in [-0.15, -0.1) is 4.68 Å². The highest BCUT2D eigenvalue weighted by Gasteiger charge is 1.79. The summed E-state index contributed by atoms with van der Waals surface area (Å²) >= 11 is 3.70. The van der Waals surface area contributed by atoms with Crippen LogP contribution in [0.1, 0.15) is 0 Å². The van der Waals surface area contributed by atoms with Crippen LogP contribution in [0.4, 0.5) is 0 Å². The van der Waals surface area contributed by atoms with Gasteiger partial charge < -0.3 is 5.41 Å². The highest BCUT2D eigenvalue weighted by Crippen LogP contribution is 1.57. The maximum Gasteiger partial charge on any atom is 0.264 e. The van der Waals surface area contributed by atoms with Gasteiger partial charge in [0.1, 0.15) is 6.20 Å². The van der Waals surface area contributed by atoms with Gasteiger partial charge in [0.15, 0.2) is 6.20 Å². The highest BCUT2D eigenvalue weighted by atomic mass is 32.1. The summed E-state index contributed by atoms with van der Waals surface area (Å²) < 4.78 is 1.44. The zero-order valence-electron chi connectivity index (χ0n) is 4.61. The first-order valence-electron chi connectivity index (χ1n) is 2.11. The van der Waals surface area contributed by atoms with Gasteiger partial charge in [0.05, 0.1) is 0 Å². The van der Waals surface area contributed by atoms with Gasteiger partial charge in [-0.25, -0.2) is 4.98 Å². The normalized spacial score (nSPS) is 6.67. The lowest BCUT2D eigenvalue weighted by atomic mass is 11.0. The molecule has 5 heteroatoms. The monoisotopic (exact) mass is 142 g/mol. The lowest BCUT2D eigenvalue weighted by Crippen LogP contribution is -2.41. The minimum Gasteiger partial charge on any atom is -0.753 e. The van der Waals surface area contributed by atoms with E-state index in [-0.39, 0.29) is 0 Å². The van der Waals surface area contributed by atoms with Crippen LogP contribution in [0.3, 0.4) is 0 Å². The number of hydrogen-bond acceptors (Lipinski definition) is 2. The van der Waals surface area contributed by atoms with Crippen LogP contribution in [-0.4, -0.2) is 10.1 Å². The molecular weight excluding hydrogens is 136 g/mol. The Bertz CT molecular complexity index is 174. The predicted molar refractivity (Wildman–Crippen MR) is 37.1 cm³/mol. The number of nitrogens with zero attached hydrogens (tertiary/aromatic N) is 2. The molecule has 9 heavy (non-hydrogen) atoms. The fourth-order valence-electron chi connectivity index (χ4n) is 0.301. The van der Waals surface area contributed by atoms with Crippen LogP contribution < -0.4 is 10.5 Å². The van der Waals surface area contributed by atoms with E-state index in [1.54, 1.807) is 18.7 Å². The first kappa shape index (κ1) is 7.81. The second-order valence-electron chi connectivity index (χ2n) is 1.15. The number of aromatic amines is 1. The van der Waals surface area contributed by atoms with Crippen LogP contribution in [0.15, 0.2) is 18.7 Å². The van der Waals surface area contributed by atoms with Crippen LogP contribution in [0.2, 0.25) is 0 Å². The number of isothiocyanates is 1. The molecule has 0 fully saturated rings. The van der Waals surface area contributed by atoms with E-state index in [1.807, 2.05) is 0 Å². The van der Waals surface area contributed by atoms with E-state index in [0.717, 1.165) is 0 Å². The highest BCUT2D eigenvalue weighted by molar-refractivity contribution is 7.78. The second kappa shape index (κ2) is 4.96. The Hall–Kier alpha value is -1.19. The molecule has 0 unspecified atom stereocenters. The summed E-state index contributed by atoms with van der Waals surface area (Å²) in [5.41, 5.74) is 0. The van der Waals surface area contributed by atoms with Gasteiger partial charge in [-0.05, 0) is 0 Å². The topological polar surface area (TPSA) is 68.0 Å². The summed E-state index contributed by atoms with van der Waals surface area (Å²) in [7, 11) is 0. The molecule has 0 amide bonds. The Morgan fingerprint density at radius 1 is 1.78 bits per heavy atom. The largest absolute Gasteiger partial charge is 0.753 e. The Morgan fingerprint density at radius 2 is 2.33 bits per heavy atom. The van der Waals surface area contributed by atoms with Crippen molar-refractivity contribution in [3.63, 3.8) is 0 Å². The second-order valence-corrected chi connectivity index (χ2v) is 1.33. The Labute approximate surface area is 57.8 Å². The van der Waals surface area contributed by atoms with Crippen molar-refractivity contribution in [3.8, 4) is 0 Å². The van der Waals surface area contributed by atoms with E-state index < -0.39 is 0 Å². The SMILES string of the molecule is N[n+]1cc[nH]c1.[N-]=C=S. The molecule has 0 aliphatic carbocycles. The molecule has 0 spiro atoms. The summed E-state index contributed by atoms with van der Waals surface area (Å²) in [5.74, 6) is 5.16. The van der Waals surface area contributed by atoms with E-state index in [9.17, 15) is 0 Å². The number of rotatable bonds is 0. The lowest BCUT2D eigenvalue weighted by Gasteiger charge is -1.68. The predicted octanol–water partition coefficient (Wildman–Crippen LogP) is -0.325. The van der Waals surface area contributed by atoms with Crippen LogP contribution in [-0.2, 0) is 0 Å². The minimum atomic E-state index is 1.33. The number of nitrogens with two attached hydrogens (primary N) is 1. The standard InChI is InChI=1S/C3H5N3.CNS/c4-6-2-1-5-3-6;2-1-3/h1-3H,4H2;/q;-1/p+1. The molecule has 0 saturated heterocycles. The molecular formula is C4H6N4S. The van der Waals surface area contributed by atoms with Crippen molar-refractivity contribution in [2.24, 2.45) is 0 Å². The molecule has 0 aliphatic rings. The number of nitrogens with one attached hydrogen (secondary N) is 1. The molecule has 1 aromatic heterocycles. The van der Waals surface area contributed by atoms with Gasteiger partial charge in [-0.1, -0.05) is 12.2 Å². The van der Waals surface area contributed by atoms with Gasteiger partial charge in [-0.3, -0.25) is 5.84 Å². The van der Waals surface area contributed by atoms with Crippen molar-refractivity contribution < 1.29 is 4.68 Å². The van der Waals surface area contributed by atoms with E-state index in [4.69, 9.17) is 11.3 Å². The molecule has 0 atom stereocenters. The summed E-state index contributed by atoms with van der Waals surface area (Å²) in [6, 6.07) is 0. The third-order valence-corrected chi connectivity index (χ3v) is 0.567. The molecule has 0 radical (unpaired) electrons. The average molecular weight is 142 g/mol. The molecule has 0 bridgehead atoms. The van der Waals surface area contributed by atoms with Crippen molar-refractivity contribution >= 4 is 17.4 Å².